The second-order valence-electron chi connectivity index (χ2n) is 6.21. The Kier molecular flexibility index (Phi) is 5.17. The maximum absolute atomic E-state index is 12.1. The number of carbonyl (C=O) groups excluding carboxylic acids is 1. The molecule has 1 unspecified atom stereocenters. The highest BCUT2D eigenvalue weighted by molar-refractivity contribution is 5.79. The lowest BCUT2D eigenvalue weighted by molar-refractivity contribution is -0.163. The van der Waals surface area contributed by atoms with Gasteiger partial charge in [-0.05, 0) is 31.1 Å². The maximum Gasteiger partial charge on any atom is 0.310 e. The molecule has 4 heteroatoms. The average molecular weight is 256 g/mol. The monoisotopic (exact) mass is 256 g/mol. The lowest BCUT2D eigenvalue weighted by atomic mass is 9.78. The number of aliphatic carboxylic acids is 1. The number of hydrogen-bond donors (Lipinski definition) is 1. The normalized spacial score (nSPS) is 19.3. The van der Waals surface area contributed by atoms with E-state index in [2.05, 4.69) is 0 Å². The standard InChI is InChI=1S/C14H24O4/c1-14(2,3)11(9-12(15)16)13(17)18-10-7-5-4-6-8-10/h10-11H,4-9H2,1-3H3,(H,15,16). The van der Waals surface area contributed by atoms with Crippen LogP contribution in [0.4, 0.5) is 0 Å². The molecule has 1 fully saturated rings. The number of hydrogen-bond acceptors (Lipinski definition) is 3. The first kappa shape index (κ1) is 15.0. The zero-order chi connectivity index (χ0) is 13.8. The molecule has 104 valence electrons. The fourth-order valence-corrected chi connectivity index (χ4v) is 2.35. The van der Waals surface area contributed by atoms with Gasteiger partial charge in [-0.15, -0.1) is 0 Å². The summed E-state index contributed by atoms with van der Waals surface area (Å²) in [6.45, 7) is 5.63. The molecule has 1 atom stereocenters. The minimum Gasteiger partial charge on any atom is -0.481 e. The largest absolute Gasteiger partial charge is 0.481 e. The van der Waals surface area contributed by atoms with Gasteiger partial charge in [0.25, 0.3) is 0 Å². The minimum atomic E-state index is -0.949. The Morgan fingerprint density at radius 3 is 2.22 bits per heavy atom. The van der Waals surface area contributed by atoms with Crippen LogP contribution in [0.2, 0.25) is 0 Å². The van der Waals surface area contributed by atoms with Crippen molar-refractivity contribution in [3.05, 3.63) is 0 Å². The molecule has 0 amide bonds. The van der Waals surface area contributed by atoms with Crippen molar-refractivity contribution < 1.29 is 19.4 Å². The van der Waals surface area contributed by atoms with E-state index in [1.165, 1.54) is 6.42 Å². The van der Waals surface area contributed by atoms with E-state index in [0.29, 0.717) is 0 Å². The van der Waals surface area contributed by atoms with Crippen LogP contribution < -0.4 is 0 Å². The minimum absolute atomic E-state index is 0.00936. The summed E-state index contributed by atoms with van der Waals surface area (Å²) in [6.07, 6.45) is 5.05. The first-order valence-electron chi connectivity index (χ1n) is 6.73. The van der Waals surface area contributed by atoms with Crippen molar-refractivity contribution >= 4 is 11.9 Å². The Labute approximate surface area is 109 Å². The van der Waals surface area contributed by atoms with E-state index >= 15 is 0 Å². The van der Waals surface area contributed by atoms with Gasteiger partial charge in [-0.25, -0.2) is 0 Å². The predicted molar refractivity (Wildman–Crippen MR) is 68.2 cm³/mol. The summed E-state index contributed by atoms with van der Waals surface area (Å²) in [4.78, 5) is 23.0. The molecule has 0 bridgehead atoms. The van der Waals surface area contributed by atoms with Gasteiger partial charge in [-0.3, -0.25) is 9.59 Å². The number of esters is 1. The van der Waals surface area contributed by atoms with Gasteiger partial charge >= 0.3 is 11.9 Å². The highest BCUT2D eigenvalue weighted by Gasteiger charge is 2.35. The molecule has 1 aliphatic carbocycles. The second-order valence-corrected chi connectivity index (χ2v) is 6.21. The second kappa shape index (κ2) is 6.21. The van der Waals surface area contributed by atoms with Crippen LogP contribution in [0.25, 0.3) is 0 Å². The molecule has 1 N–H and O–H groups in total. The number of rotatable bonds is 4. The Morgan fingerprint density at radius 2 is 1.78 bits per heavy atom. The molecule has 4 nitrogen and oxygen atoms in total. The van der Waals surface area contributed by atoms with Gasteiger partial charge in [0.05, 0.1) is 12.3 Å². The Bertz CT molecular complexity index is 297. The number of carboxylic acid groups (broad SMARTS) is 1. The fraction of sp³-hybridized carbons (Fsp3) is 0.857. The van der Waals surface area contributed by atoms with Crippen LogP contribution in [-0.4, -0.2) is 23.1 Å². The summed E-state index contributed by atoms with van der Waals surface area (Å²) in [5, 5.41) is 8.89. The fourth-order valence-electron chi connectivity index (χ4n) is 2.35. The third-order valence-electron chi connectivity index (χ3n) is 3.54. The molecule has 0 aromatic carbocycles. The summed E-state index contributed by atoms with van der Waals surface area (Å²) in [5.41, 5.74) is -0.385. The summed E-state index contributed by atoms with van der Waals surface area (Å²) in [5.74, 6) is -1.87. The van der Waals surface area contributed by atoms with Crippen LogP contribution in [0.3, 0.4) is 0 Å². The maximum atomic E-state index is 12.1. The van der Waals surface area contributed by atoms with E-state index in [0.717, 1.165) is 25.7 Å². The first-order valence-corrected chi connectivity index (χ1v) is 6.73. The molecule has 18 heavy (non-hydrogen) atoms. The summed E-state index contributed by atoms with van der Waals surface area (Å²) < 4.78 is 5.48. The summed E-state index contributed by atoms with van der Waals surface area (Å²) >= 11 is 0. The van der Waals surface area contributed by atoms with Gasteiger partial charge in [-0.2, -0.15) is 0 Å². The Balaban J connectivity index is 2.61. The number of carboxylic acids is 1. The van der Waals surface area contributed by atoms with E-state index in [4.69, 9.17) is 9.84 Å². The molecule has 1 aliphatic rings. The smallest absolute Gasteiger partial charge is 0.310 e. The molecular weight excluding hydrogens is 232 g/mol. The highest BCUT2D eigenvalue weighted by atomic mass is 16.5. The van der Waals surface area contributed by atoms with Gasteiger partial charge in [0, 0.05) is 0 Å². The van der Waals surface area contributed by atoms with Gasteiger partial charge in [0.1, 0.15) is 6.10 Å². The van der Waals surface area contributed by atoms with E-state index in [-0.39, 0.29) is 23.9 Å². The van der Waals surface area contributed by atoms with Gasteiger partial charge < -0.3 is 9.84 Å². The van der Waals surface area contributed by atoms with Crippen molar-refractivity contribution in [2.45, 2.75) is 65.4 Å². The zero-order valence-electron chi connectivity index (χ0n) is 11.6. The van der Waals surface area contributed by atoms with Crippen LogP contribution in [0.15, 0.2) is 0 Å². The SMILES string of the molecule is CC(C)(C)C(CC(=O)O)C(=O)OC1CCCCC1. The van der Waals surface area contributed by atoms with Crippen molar-refractivity contribution in [2.75, 3.05) is 0 Å². The van der Waals surface area contributed by atoms with Crippen molar-refractivity contribution in [2.24, 2.45) is 11.3 Å². The van der Waals surface area contributed by atoms with Crippen molar-refractivity contribution in [3.63, 3.8) is 0 Å². The van der Waals surface area contributed by atoms with Gasteiger partial charge in [0.15, 0.2) is 0 Å². The van der Waals surface area contributed by atoms with Gasteiger partial charge in [-0.1, -0.05) is 27.2 Å². The van der Waals surface area contributed by atoms with Crippen LogP contribution in [0.5, 0.6) is 0 Å². The predicted octanol–water partition coefficient (Wildman–Crippen LogP) is 3.00. The quantitative estimate of drug-likeness (QED) is 0.785. The molecule has 0 aromatic heterocycles. The molecule has 1 rings (SSSR count). The van der Waals surface area contributed by atoms with Crippen molar-refractivity contribution in [1.29, 1.82) is 0 Å². The van der Waals surface area contributed by atoms with Crippen molar-refractivity contribution in [1.82, 2.24) is 0 Å². The van der Waals surface area contributed by atoms with Gasteiger partial charge in [0.2, 0.25) is 0 Å². The molecule has 0 aromatic rings. The molecule has 0 aliphatic heterocycles. The Morgan fingerprint density at radius 1 is 1.22 bits per heavy atom. The lowest BCUT2D eigenvalue weighted by Gasteiger charge is -2.30. The Hall–Kier alpha value is -1.06. The van der Waals surface area contributed by atoms with Crippen LogP contribution >= 0.6 is 0 Å². The van der Waals surface area contributed by atoms with E-state index in [1.54, 1.807) is 0 Å². The average Bonchev–Trinajstić information content (AvgIpc) is 2.25. The molecule has 0 saturated heterocycles. The van der Waals surface area contributed by atoms with Crippen LogP contribution in [-0.2, 0) is 14.3 Å². The van der Waals surface area contributed by atoms with E-state index in [9.17, 15) is 9.59 Å². The van der Waals surface area contributed by atoms with E-state index in [1.807, 2.05) is 20.8 Å². The van der Waals surface area contributed by atoms with Crippen LogP contribution in [0, 0.1) is 11.3 Å². The van der Waals surface area contributed by atoms with E-state index < -0.39 is 11.9 Å². The number of carbonyl (C=O) groups is 2. The molecule has 1 saturated carbocycles. The summed E-state index contributed by atoms with van der Waals surface area (Å²) in [6, 6.07) is 0. The highest BCUT2D eigenvalue weighted by Crippen LogP contribution is 2.31. The topological polar surface area (TPSA) is 63.6 Å². The lowest BCUT2D eigenvalue weighted by Crippen LogP contribution is -2.35. The van der Waals surface area contributed by atoms with Crippen molar-refractivity contribution in [3.8, 4) is 0 Å². The molecule has 0 spiro atoms. The number of ether oxygens (including phenoxy) is 1. The zero-order valence-corrected chi connectivity index (χ0v) is 11.6. The molecule has 0 radical (unpaired) electrons. The summed E-state index contributed by atoms with van der Waals surface area (Å²) in [7, 11) is 0. The third-order valence-corrected chi connectivity index (χ3v) is 3.54. The molecule has 0 heterocycles. The molecular formula is C14H24O4. The third kappa shape index (κ3) is 4.67. The first-order chi connectivity index (χ1) is 8.30. The van der Waals surface area contributed by atoms with Crippen LogP contribution in [0.1, 0.15) is 59.3 Å².